The van der Waals surface area contributed by atoms with Gasteiger partial charge in [0.2, 0.25) is 0 Å². The number of unbranched alkanes of at least 4 members (excludes halogenated alkanes) is 2. The lowest BCUT2D eigenvalue weighted by Crippen LogP contribution is -1.91. The normalized spacial score (nSPS) is 10.1. The van der Waals surface area contributed by atoms with Crippen molar-refractivity contribution in [1.29, 1.82) is 0 Å². The van der Waals surface area contributed by atoms with Gasteiger partial charge >= 0.3 is 0 Å². The van der Waals surface area contributed by atoms with E-state index in [-0.39, 0.29) is 6.61 Å². The van der Waals surface area contributed by atoms with E-state index in [1.807, 2.05) is 6.07 Å². The van der Waals surface area contributed by atoms with E-state index in [4.69, 9.17) is 5.11 Å². The summed E-state index contributed by atoms with van der Waals surface area (Å²) in [7, 11) is 0. The summed E-state index contributed by atoms with van der Waals surface area (Å²) >= 11 is 0. The Hall–Kier alpha value is -0.960. The van der Waals surface area contributed by atoms with Gasteiger partial charge in [0.1, 0.15) is 0 Å². The summed E-state index contributed by atoms with van der Waals surface area (Å²) in [6.45, 7) is 0.288. The molecule has 1 N–H and O–H groups in total. The predicted octanol–water partition coefficient (Wildman–Crippen LogP) is 0.982. The minimum absolute atomic E-state index is 0.288. The van der Waals surface area contributed by atoms with E-state index in [2.05, 4.69) is 16.3 Å². The third-order valence-electron chi connectivity index (χ3n) is 1.68. The molecule has 0 aliphatic heterocycles. The second kappa shape index (κ2) is 5.66. The first-order chi connectivity index (χ1) is 5.93. The molecule has 1 rings (SSSR count). The zero-order valence-electron chi connectivity index (χ0n) is 7.03. The summed E-state index contributed by atoms with van der Waals surface area (Å²) in [6.07, 6.45) is 8.23. The van der Waals surface area contributed by atoms with Crippen LogP contribution in [0.25, 0.3) is 0 Å². The summed E-state index contributed by atoms with van der Waals surface area (Å²) in [5.74, 6) is 0. The molecule has 1 heterocycles. The van der Waals surface area contributed by atoms with Gasteiger partial charge in [0.15, 0.2) is 6.33 Å². The number of hydrogen-bond donors (Lipinski definition) is 1. The van der Waals surface area contributed by atoms with Crippen molar-refractivity contribution in [1.82, 2.24) is 9.97 Å². The quantitative estimate of drug-likeness (QED) is 0.661. The smallest absolute Gasteiger partial charge is 0.197 e. The Labute approximate surface area is 72.5 Å². The van der Waals surface area contributed by atoms with Crippen molar-refractivity contribution >= 4 is 0 Å². The number of rotatable bonds is 5. The van der Waals surface area contributed by atoms with Gasteiger partial charge in [0.25, 0.3) is 0 Å². The average molecular weight is 165 g/mol. The third kappa shape index (κ3) is 3.44. The molecule has 3 heteroatoms. The van der Waals surface area contributed by atoms with Crippen molar-refractivity contribution in [2.75, 3.05) is 6.61 Å². The monoisotopic (exact) mass is 165 g/mol. The Bertz CT molecular complexity index is 201. The average Bonchev–Trinajstić information content (AvgIpc) is 2.14. The highest BCUT2D eigenvalue weighted by Crippen LogP contribution is 2.01. The maximum Gasteiger partial charge on any atom is 0.197 e. The van der Waals surface area contributed by atoms with E-state index in [1.54, 1.807) is 6.20 Å². The predicted molar refractivity (Wildman–Crippen MR) is 45.5 cm³/mol. The summed E-state index contributed by atoms with van der Waals surface area (Å²) in [5, 5.41) is 8.53. The molecule has 0 aliphatic rings. The van der Waals surface area contributed by atoms with Gasteiger partial charge in [-0.2, -0.15) is 0 Å². The Morgan fingerprint density at radius 2 is 2.25 bits per heavy atom. The van der Waals surface area contributed by atoms with Crippen LogP contribution >= 0.6 is 0 Å². The third-order valence-corrected chi connectivity index (χ3v) is 1.68. The molecule has 0 aliphatic carbocycles. The maximum atomic E-state index is 8.53. The fourth-order valence-electron chi connectivity index (χ4n) is 1.02. The second-order valence-corrected chi connectivity index (χ2v) is 2.68. The van der Waals surface area contributed by atoms with E-state index in [0.29, 0.717) is 0 Å². The van der Waals surface area contributed by atoms with E-state index in [1.165, 1.54) is 0 Å². The topological polar surface area (TPSA) is 46.0 Å². The molecule has 65 valence electrons. The van der Waals surface area contributed by atoms with Gasteiger partial charge < -0.3 is 5.11 Å². The van der Waals surface area contributed by atoms with Crippen LogP contribution in [0.3, 0.4) is 0 Å². The molecule has 0 bridgehead atoms. The molecule has 0 saturated carbocycles. The molecule has 0 unspecified atom stereocenters. The van der Waals surface area contributed by atoms with Crippen molar-refractivity contribution in [2.24, 2.45) is 0 Å². The van der Waals surface area contributed by atoms with Crippen LogP contribution in [0.1, 0.15) is 25.0 Å². The lowest BCUT2D eigenvalue weighted by atomic mass is 10.1. The van der Waals surface area contributed by atoms with Gasteiger partial charge in [-0.15, -0.1) is 0 Å². The lowest BCUT2D eigenvalue weighted by molar-refractivity contribution is 0.283. The molecular weight excluding hydrogens is 152 g/mol. The molecule has 0 aromatic carbocycles. The fourth-order valence-corrected chi connectivity index (χ4v) is 1.02. The minimum atomic E-state index is 0.288. The van der Waals surface area contributed by atoms with E-state index in [9.17, 15) is 0 Å². The summed E-state index contributed by atoms with van der Waals surface area (Å²) in [6, 6.07) is 1.90. The number of hydrogen-bond acceptors (Lipinski definition) is 3. The number of aliphatic hydroxyl groups excluding tert-OH is 1. The van der Waals surface area contributed by atoms with Crippen molar-refractivity contribution in [2.45, 2.75) is 25.7 Å². The molecular formula is C9H13N2O. The first kappa shape index (κ1) is 9.13. The fraction of sp³-hybridized carbons (Fsp3) is 0.556. The first-order valence-electron chi connectivity index (χ1n) is 4.22. The zero-order valence-corrected chi connectivity index (χ0v) is 7.03. The van der Waals surface area contributed by atoms with E-state index in [0.717, 1.165) is 31.4 Å². The number of aliphatic hydroxyl groups is 1. The van der Waals surface area contributed by atoms with Gasteiger partial charge in [0, 0.05) is 18.5 Å². The SMILES string of the molecule is OCCCCCc1ccn[c]n1. The molecule has 0 amide bonds. The Morgan fingerprint density at radius 3 is 2.92 bits per heavy atom. The van der Waals surface area contributed by atoms with Crippen LogP contribution in [0, 0.1) is 6.33 Å². The number of aryl methyl sites for hydroxylation is 1. The summed E-state index contributed by atoms with van der Waals surface area (Å²) < 4.78 is 0. The van der Waals surface area contributed by atoms with E-state index >= 15 is 0 Å². The zero-order chi connectivity index (χ0) is 8.65. The van der Waals surface area contributed by atoms with Crippen LogP contribution in [0.2, 0.25) is 0 Å². The molecule has 12 heavy (non-hydrogen) atoms. The van der Waals surface area contributed by atoms with Crippen LogP contribution in [0.4, 0.5) is 0 Å². The Kier molecular flexibility index (Phi) is 4.31. The highest BCUT2D eigenvalue weighted by molar-refractivity contribution is 4.96. The molecule has 1 aromatic heterocycles. The number of aromatic nitrogens is 2. The lowest BCUT2D eigenvalue weighted by Gasteiger charge is -1.97. The van der Waals surface area contributed by atoms with Gasteiger partial charge in [-0.25, -0.2) is 9.97 Å². The number of nitrogens with zero attached hydrogens (tertiary/aromatic N) is 2. The molecule has 0 fully saturated rings. The van der Waals surface area contributed by atoms with Crippen LogP contribution in [-0.2, 0) is 6.42 Å². The second-order valence-electron chi connectivity index (χ2n) is 2.68. The summed E-state index contributed by atoms with van der Waals surface area (Å²) in [5.41, 5.74) is 1.03. The minimum Gasteiger partial charge on any atom is -0.396 e. The molecule has 0 atom stereocenters. The van der Waals surface area contributed by atoms with Crippen molar-refractivity contribution in [3.05, 3.63) is 24.3 Å². The molecule has 0 spiro atoms. The van der Waals surface area contributed by atoms with Gasteiger partial charge in [-0.05, 0) is 25.3 Å². The Morgan fingerprint density at radius 1 is 1.33 bits per heavy atom. The molecule has 1 radical (unpaired) electrons. The van der Waals surface area contributed by atoms with Crippen molar-refractivity contribution in [3.8, 4) is 0 Å². The highest BCUT2D eigenvalue weighted by Gasteiger charge is 1.93. The van der Waals surface area contributed by atoms with Gasteiger partial charge in [0.05, 0.1) is 0 Å². The van der Waals surface area contributed by atoms with Crippen LogP contribution in [0.15, 0.2) is 12.3 Å². The van der Waals surface area contributed by atoms with Crippen molar-refractivity contribution < 1.29 is 5.11 Å². The largest absolute Gasteiger partial charge is 0.396 e. The summed E-state index contributed by atoms with van der Waals surface area (Å²) in [4.78, 5) is 7.69. The standard InChI is InChI=1S/C9H13N2O/c12-7-3-1-2-4-9-5-6-10-8-11-9/h5-6,12H,1-4,7H2. The van der Waals surface area contributed by atoms with E-state index < -0.39 is 0 Å². The Balaban J connectivity index is 2.16. The molecule has 1 aromatic rings. The van der Waals surface area contributed by atoms with Crippen LogP contribution in [0.5, 0.6) is 0 Å². The maximum absolute atomic E-state index is 8.53. The van der Waals surface area contributed by atoms with Crippen LogP contribution < -0.4 is 0 Å². The van der Waals surface area contributed by atoms with Crippen LogP contribution in [-0.4, -0.2) is 21.7 Å². The van der Waals surface area contributed by atoms with Gasteiger partial charge in [-0.3, -0.25) is 0 Å². The molecule has 3 nitrogen and oxygen atoms in total. The highest BCUT2D eigenvalue weighted by atomic mass is 16.2. The first-order valence-corrected chi connectivity index (χ1v) is 4.22. The van der Waals surface area contributed by atoms with Crippen molar-refractivity contribution in [3.63, 3.8) is 0 Å². The van der Waals surface area contributed by atoms with Gasteiger partial charge in [-0.1, -0.05) is 6.42 Å². The molecule has 0 saturated heterocycles.